The van der Waals surface area contributed by atoms with Crippen LogP contribution in [0, 0.1) is 6.92 Å². The van der Waals surface area contributed by atoms with Crippen LogP contribution in [-0.2, 0) is 13.2 Å². The van der Waals surface area contributed by atoms with Gasteiger partial charge in [0.05, 0.1) is 5.56 Å². The molecule has 0 bridgehead atoms. The summed E-state index contributed by atoms with van der Waals surface area (Å²) in [5.74, 6) is -1.09. The lowest BCUT2D eigenvalue weighted by Gasteiger charge is -2.17. The normalized spacial score (nSPS) is 11.6. The molecule has 2 aromatic heterocycles. The molecule has 0 saturated carbocycles. The van der Waals surface area contributed by atoms with Crippen molar-refractivity contribution in [1.29, 1.82) is 0 Å². The molecule has 0 unspecified atom stereocenters. The standard InChI is InChI=1S/C18H14F3N3O3/c1-10-13(15-22-6-7-23(15)2)9-14(17(26)27)16(25)24(10)12-5-3-4-11(8-12)18(19,20)21/h3-9H,1-2H3,(H,26,27). The third-order valence-electron chi connectivity index (χ3n) is 4.17. The summed E-state index contributed by atoms with van der Waals surface area (Å²) in [7, 11) is 1.68. The highest BCUT2D eigenvalue weighted by Gasteiger charge is 2.31. The van der Waals surface area contributed by atoms with Crippen LogP contribution >= 0.6 is 0 Å². The summed E-state index contributed by atoms with van der Waals surface area (Å²) in [5, 5.41) is 9.38. The molecule has 0 aliphatic carbocycles. The Morgan fingerprint density at radius 3 is 2.48 bits per heavy atom. The number of aromatic carboxylic acids is 1. The Balaban J connectivity index is 2.37. The van der Waals surface area contributed by atoms with Crippen LogP contribution < -0.4 is 5.56 Å². The largest absolute Gasteiger partial charge is 0.477 e. The van der Waals surface area contributed by atoms with Gasteiger partial charge in [0, 0.05) is 36.4 Å². The number of hydrogen-bond acceptors (Lipinski definition) is 3. The summed E-state index contributed by atoms with van der Waals surface area (Å²) >= 11 is 0. The number of imidazole rings is 1. The Labute approximate surface area is 151 Å². The van der Waals surface area contributed by atoms with Crippen molar-refractivity contribution in [1.82, 2.24) is 14.1 Å². The highest BCUT2D eigenvalue weighted by molar-refractivity contribution is 5.89. The van der Waals surface area contributed by atoms with Crippen LogP contribution in [-0.4, -0.2) is 25.2 Å². The highest BCUT2D eigenvalue weighted by Crippen LogP contribution is 2.31. The van der Waals surface area contributed by atoms with Gasteiger partial charge in [0.2, 0.25) is 0 Å². The van der Waals surface area contributed by atoms with Crippen molar-refractivity contribution in [3.8, 4) is 17.1 Å². The number of alkyl halides is 3. The molecule has 27 heavy (non-hydrogen) atoms. The van der Waals surface area contributed by atoms with Crippen molar-refractivity contribution in [2.45, 2.75) is 13.1 Å². The summed E-state index contributed by atoms with van der Waals surface area (Å²) in [6, 6.07) is 5.36. The molecule has 1 aromatic carbocycles. The van der Waals surface area contributed by atoms with Gasteiger partial charge < -0.3 is 9.67 Å². The molecule has 0 atom stereocenters. The van der Waals surface area contributed by atoms with Gasteiger partial charge in [-0.1, -0.05) is 6.07 Å². The lowest BCUT2D eigenvalue weighted by molar-refractivity contribution is -0.137. The minimum Gasteiger partial charge on any atom is -0.477 e. The number of carboxylic acid groups (broad SMARTS) is 1. The first-order valence-electron chi connectivity index (χ1n) is 7.76. The third kappa shape index (κ3) is 3.23. The van der Waals surface area contributed by atoms with Gasteiger partial charge in [0.15, 0.2) is 0 Å². The number of carboxylic acids is 1. The minimum atomic E-state index is -4.60. The van der Waals surface area contributed by atoms with E-state index in [9.17, 15) is 27.9 Å². The Hall–Kier alpha value is -3.36. The molecule has 6 nitrogen and oxygen atoms in total. The Kier molecular flexibility index (Phi) is 4.38. The minimum absolute atomic E-state index is 0.0779. The molecule has 0 radical (unpaired) electrons. The van der Waals surface area contributed by atoms with E-state index in [-0.39, 0.29) is 11.4 Å². The Bertz CT molecular complexity index is 1100. The van der Waals surface area contributed by atoms with Crippen molar-refractivity contribution >= 4 is 5.97 Å². The zero-order valence-electron chi connectivity index (χ0n) is 14.3. The molecule has 0 aliphatic heterocycles. The van der Waals surface area contributed by atoms with Gasteiger partial charge in [0.1, 0.15) is 11.4 Å². The summed E-state index contributed by atoms with van der Waals surface area (Å²) < 4.78 is 41.7. The molecular formula is C18H14F3N3O3. The smallest absolute Gasteiger partial charge is 0.416 e. The van der Waals surface area contributed by atoms with E-state index in [0.717, 1.165) is 22.8 Å². The SMILES string of the molecule is Cc1c(-c2nccn2C)cc(C(=O)O)c(=O)n1-c1cccc(C(F)(F)F)c1. The molecule has 2 heterocycles. The van der Waals surface area contributed by atoms with Crippen LogP contribution in [0.25, 0.3) is 17.1 Å². The van der Waals surface area contributed by atoms with Gasteiger partial charge >= 0.3 is 12.1 Å². The molecular weight excluding hydrogens is 363 g/mol. The number of benzene rings is 1. The fourth-order valence-corrected chi connectivity index (χ4v) is 2.84. The van der Waals surface area contributed by atoms with Crippen LogP contribution in [0.1, 0.15) is 21.6 Å². The second kappa shape index (κ2) is 6.42. The van der Waals surface area contributed by atoms with Crippen LogP contribution in [0.15, 0.2) is 47.5 Å². The van der Waals surface area contributed by atoms with E-state index in [1.165, 1.54) is 25.3 Å². The highest BCUT2D eigenvalue weighted by atomic mass is 19.4. The maximum atomic E-state index is 13.1. The van der Waals surface area contributed by atoms with E-state index in [1.54, 1.807) is 17.8 Å². The van der Waals surface area contributed by atoms with Crippen LogP contribution in [0.3, 0.4) is 0 Å². The van der Waals surface area contributed by atoms with Crippen molar-refractivity contribution in [3.63, 3.8) is 0 Å². The van der Waals surface area contributed by atoms with Gasteiger partial charge in [-0.05, 0) is 31.2 Å². The molecule has 9 heteroatoms. The summed E-state index contributed by atoms with van der Waals surface area (Å²) in [4.78, 5) is 28.3. The van der Waals surface area contributed by atoms with E-state index < -0.39 is 28.8 Å². The quantitative estimate of drug-likeness (QED) is 0.760. The predicted octanol–water partition coefficient (Wildman–Crippen LogP) is 3.26. The number of halogens is 3. The number of rotatable bonds is 3. The van der Waals surface area contributed by atoms with Crippen molar-refractivity contribution in [2.24, 2.45) is 7.05 Å². The van der Waals surface area contributed by atoms with Crippen molar-refractivity contribution in [3.05, 3.63) is 69.9 Å². The zero-order valence-corrected chi connectivity index (χ0v) is 14.3. The fraction of sp³-hybridized carbons (Fsp3) is 0.167. The third-order valence-corrected chi connectivity index (χ3v) is 4.17. The van der Waals surface area contributed by atoms with Gasteiger partial charge in [-0.25, -0.2) is 9.78 Å². The molecule has 140 valence electrons. The molecule has 0 fully saturated rings. The van der Waals surface area contributed by atoms with Gasteiger partial charge in [-0.15, -0.1) is 0 Å². The topological polar surface area (TPSA) is 77.1 Å². The maximum Gasteiger partial charge on any atom is 0.416 e. The van der Waals surface area contributed by atoms with E-state index in [1.807, 2.05) is 0 Å². The fourth-order valence-electron chi connectivity index (χ4n) is 2.84. The lowest BCUT2D eigenvalue weighted by atomic mass is 10.1. The van der Waals surface area contributed by atoms with Crippen molar-refractivity contribution in [2.75, 3.05) is 0 Å². The van der Waals surface area contributed by atoms with E-state index in [4.69, 9.17) is 0 Å². The number of hydrogen-bond donors (Lipinski definition) is 1. The molecule has 0 aliphatic rings. The van der Waals surface area contributed by atoms with E-state index in [0.29, 0.717) is 11.4 Å². The molecule has 0 saturated heterocycles. The maximum absolute atomic E-state index is 13.1. The number of carbonyl (C=O) groups is 1. The van der Waals surface area contributed by atoms with E-state index in [2.05, 4.69) is 4.98 Å². The zero-order chi connectivity index (χ0) is 19.9. The lowest BCUT2D eigenvalue weighted by Crippen LogP contribution is -2.28. The van der Waals surface area contributed by atoms with Crippen LogP contribution in [0.5, 0.6) is 0 Å². The predicted molar refractivity (Wildman–Crippen MR) is 90.9 cm³/mol. The Morgan fingerprint density at radius 1 is 1.22 bits per heavy atom. The second-order valence-corrected chi connectivity index (χ2v) is 5.91. The van der Waals surface area contributed by atoms with Gasteiger partial charge in [-0.3, -0.25) is 9.36 Å². The first-order chi connectivity index (χ1) is 12.6. The number of pyridine rings is 1. The molecule has 3 rings (SSSR count). The van der Waals surface area contributed by atoms with Crippen molar-refractivity contribution < 1.29 is 23.1 Å². The van der Waals surface area contributed by atoms with Gasteiger partial charge in [0.25, 0.3) is 5.56 Å². The van der Waals surface area contributed by atoms with E-state index >= 15 is 0 Å². The first kappa shape index (κ1) is 18.4. The Morgan fingerprint density at radius 2 is 1.93 bits per heavy atom. The number of aryl methyl sites for hydroxylation is 1. The van der Waals surface area contributed by atoms with Crippen LogP contribution in [0.4, 0.5) is 13.2 Å². The monoisotopic (exact) mass is 377 g/mol. The molecule has 0 amide bonds. The summed E-state index contributed by atoms with van der Waals surface area (Å²) in [6.45, 7) is 1.53. The molecule has 3 aromatic rings. The summed E-state index contributed by atoms with van der Waals surface area (Å²) in [5.41, 5.74) is -1.89. The second-order valence-electron chi connectivity index (χ2n) is 5.91. The van der Waals surface area contributed by atoms with Crippen LogP contribution in [0.2, 0.25) is 0 Å². The average Bonchev–Trinajstić information content (AvgIpc) is 3.00. The number of nitrogens with zero attached hydrogens (tertiary/aromatic N) is 3. The average molecular weight is 377 g/mol. The van der Waals surface area contributed by atoms with Gasteiger partial charge in [-0.2, -0.15) is 13.2 Å². The number of aromatic nitrogens is 3. The summed E-state index contributed by atoms with van der Waals surface area (Å²) in [6.07, 6.45) is -1.47. The molecule has 1 N–H and O–H groups in total. The molecule has 0 spiro atoms. The first-order valence-corrected chi connectivity index (χ1v) is 7.76.